The zero-order chi connectivity index (χ0) is 15.7. The lowest BCUT2D eigenvalue weighted by Crippen LogP contribution is -2.04. The second kappa shape index (κ2) is 5.29. The van der Waals surface area contributed by atoms with Crippen LogP contribution in [0.25, 0.3) is 16.9 Å². The Labute approximate surface area is 125 Å². The van der Waals surface area contributed by atoms with Crippen LogP contribution in [0.1, 0.15) is 11.3 Å². The molecule has 0 N–H and O–H groups in total. The molecule has 22 heavy (non-hydrogen) atoms. The Balaban J connectivity index is 2.06. The molecule has 0 amide bonds. The molecule has 0 bridgehead atoms. The Bertz CT molecular complexity index is 775. The average molecular weight is 303 g/mol. The van der Waals surface area contributed by atoms with Gasteiger partial charge in [-0.25, -0.2) is 4.68 Å². The Morgan fingerprint density at radius 1 is 0.955 bits per heavy atom. The molecular weight excluding hydrogens is 291 g/mol. The summed E-state index contributed by atoms with van der Waals surface area (Å²) in [7, 11) is 0. The van der Waals surface area contributed by atoms with Crippen LogP contribution in [0.4, 0.5) is 13.2 Å². The highest BCUT2D eigenvalue weighted by Crippen LogP contribution is 2.31. The highest BCUT2D eigenvalue weighted by atomic mass is 19.4. The topological polar surface area (TPSA) is 30.7 Å². The van der Waals surface area contributed by atoms with Crippen molar-refractivity contribution in [1.29, 1.82) is 0 Å². The van der Waals surface area contributed by atoms with E-state index in [0.29, 0.717) is 5.56 Å². The molecule has 0 aliphatic rings. The maximum atomic E-state index is 12.6. The van der Waals surface area contributed by atoms with Crippen molar-refractivity contribution in [3.63, 3.8) is 0 Å². The fourth-order valence-corrected chi connectivity index (χ4v) is 2.22. The van der Waals surface area contributed by atoms with Crippen LogP contribution in [-0.4, -0.2) is 14.8 Å². The van der Waals surface area contributed by atoms with Crippen LogP contribution in [0.3, 0.4) is 0 Å². The number of hydrogen-bond acceptors (Lipinski definition) is 2. The van der Waals surface area contributed by atoms with E-state index in [9.17, 15) is 13.2 Å². The zero-order valence-corrected chi connectivity index (χ0v) is 11.7. The highest BCUT2D eigenvalue weighted by Gasteiger charge is 2.30. The molecule has 112 valence electrons. The molecule has 0 radical (unpaired) electrons. The van der Waals surface area contributed by atoms with Crippen LogP contribution in [-0.2, 0) is 6.18 Å². The molecule has 2 aromatic heterocycles. The van der Waals surface area contributed by atoms with E-state index in [2.05, 4.69) is 10.1 Å². The summed E-state index contributed by atoms with van der Waals surface area (Å²) in [6.45, 7) is 1.84. The molecule has 3 rings (SSSR count). The predicted octanol–water partition coefficient (Wildman–Crippen LogP) is 4.26. The van der Waals surface area contributed by atoms with Crippen molar-refractivity contribution in [2.75, 3.05) is 0 Å². The lowest BCUT2D eigenvalue weighted by atomic mass is 10.1. The third-order valence-corrected chi connectivity index (χ3v) is 3.25. The van der Waals surface area contributed by atoms with E-state index < -0.39 is 11.7 Å². The summed E-state index contributed by atoms with van der Waals surface area (Å²) in [6.07, 6.45) is -1.05. The third kappa shape index (κ3) is 2.72. The summed E-state index contributed by atoms with van der Waals surface area (Å²) < 4.78 is 39.6. The van der Waals surface area contributed by atoms with Crippen LogP contribution in [0.2, 0.25) is 0 Å². The fraction of sp³-hybridized carbons (Fsp3) is 0.125. The van der Waals surface area contributed by atoms with Gasteiger partial charge in [0.25, 0.3) is 0 Å². The number of benzene rings is 1. The molecular formula is C16H12F3N3. The lowest BCUT2D eigenvalue weighted by molar-refractivity contribution is -0.137. The maximum absolute atomic E-state index is 12.6. The molecule has 0 spiro atoms. The van der Waals surface area contributed by atoms with Gasteiger partial charge in [-0.2, -0.15) is 18.3 Å². The van der Waals surface area contributed by atoms with Crippen LogP contribution >= 0.6 is 0 Å². The van der Waals surface area contributed by atoms with Crippen molar-refractivity contribution in [1.82, 2.24) is 14.8 Å². The Morgan fingerprint density at radius 2 is 1.59 bits per heavy atom. The fourth-order valence-electron chi connectivity index (χ4n) is 2.22. The Kier molecular flexibility index (Phi) is 3.44. The summed E-state index contributed by atoms with van der Waals surface area (Å²) in [4.78, 5) is 3.95. The normalized spacial score (nSPS) is 11.6. The Morgan fingerprint density at radius 3 is 2.18 bits per heavy atom. The van der Waals surface area contributed by atoms with E-state index >= 15 is 0 Å². The van der Waals surface area contributed by atoms with E-state index in [4.69, 9.17) is 0 Å². The number of aryl methyl sites for hydroxylation is 1. The minimum Gasteiger partial charge on any atom is -0.265 e. The van der Waals surface area contributed by atoms with E-state index in [1.807, 2.05) is 13.0 Å². The van der Waals surface area contributed by atoms with Gasteiger partial charge >= 0.3 is 6.18 Å². The Hall–Kier alpha value is -2.63. The predicted molar refractivity (Wildman–Crippen MR) is 76.5 cm³/mol. The van der Waals surface area contributed by atoms with Crippen molar-refractivity contribution in [3.05, 3.63) is 66.1 Å². The van der Waals surface area contributed by atoms with Crippen LogP contribution in [0, 0.1) is 6.92 Å². The van der Waals surface area contributed by atoms with Crippen molar-refractivity contribution in [2.45, 2.75) is 13.1 Å². The SMILES string of the molecule is Cc1cc(-c2ccc(C(F)(F)F)cc2)n(-c2ccncc2)n1. The molecule has 3 nitrogen and oxygen atoms in total. The first-order valence-corrected chi connectivity index (χ1v) is 6.60. The summed E-state index contributed by atoms with van der Waals surface area (Å²) in [5.41, 5.74) is 2.33. The van der Waals surface area contributed by atoms with Crippen molar-refractivity contribution in [3.8, 4) is 16.9 Å². The number of pyridine rings is 1. The highest BCUT2D eigenvalue weighted by molar-refractivity contribution is 5.63. The first kappa shape index (κ1) is 14.3. The summed E-state index contributed by atoms with van der Waals surface area (Å²) >= 11 is 0. The number of alkyl halides is 3. The lowest BCUT2D eigenvalue weighted by Gasteiger charge is -2.09. The quantitative estimate of drug-likeness (QED) is 0.708. The number of aromatic nitrogens is 3. The van der Waals surface area contributed by atoms with Gasteiger partial charge in [-0.1, -0.05) is 12.1 Å². The van der Waals surface area contributed by atoms with Crippen molar-refractivity contribution < 1.29 is 13.2 Å². The second-order valence-corrected chi connectivity index (χ2v) is 4.86. The first-order chi connectivity index (χ1) is 10.4. The number of nitrogens with zero attached hydrogens (tertiary/aromatic N) is 3. The van der Waals surface area contributed by atoms with Gasteiger partial charge in [0.2, 0.25) is 0 Å². The standard InChI is InChI=1S/C16H12F3N3/c1-11-10-15(22(21-11)14-6-8-20-9-7-14)12-2-4-13(5-3-12)16(17,18)19/h2-10H,1H3. The van der Waals surface area contributed by atoms with Gasteiger partial charge in [-0.3, -0.25) is 4.98 Å². The zero-order valence-electron chi connectivity index (χ0n) is 11.7. The van der Waals surface area contributed by atoms with Gasteiger partial charge in [0.1, 0.15) is 0 Å². The second-order valence-electron chi connectivity index (χ2n) is 4.86. The van der Waals surface area contributed by atoms with Gasteiger partial charge in [-0.05, 0) is 37.3 Å². The summed E-state index contributed by atoms with van der Waals surface area (Å²) in [5, 5.41) is 4.40. The van der Waals surface area contributed by atoms with Crippen LogP contribution in [0.15, 0.2) is 54.9 Å². The van der Waals surface area contributed by atoms with Gasteiger partial charge in [-0.15, -0.1) is 0 Å². The van der Waals surface area contributed by atoms with Crippen LogP contribution < -0.4 is 0 Å². The number of hydrogen-bond donors (Lipinski definition) is 0. The minimum atomic E-state index is -4.33. The van der Waals surface area contributed by atoms with E-state index in [-0.39, 0.29) is 0 Å². The molecule has 6 heteroatoms. The molecule has 0 aliphatic heterocycles. The number of halogens is 3. The molecule has 0 aliphatic carbocycles. The molecule has 3 aromatic rings. The smallest absolute Gasteiger partial charge is 0.265 e. The van der Waals surface area contributed by atoms with Crippen molar-refractivity contribution >= 4 is 0 Å². The average Bonchev–Trinajstić information content (AvgIpc) is 2.89. The number of rotatable bonds is 2. The van der Waals surface area contributed by atoms with Crippen molar-refractivity contribution in [2.24, 2.45) is 0 Å². The van der Waals surface area contributed by atoms with Gasteiger partial charge in [0.15, 0.2) is 0 Å². The van der Waals surface area contributed by atoms with Gasteiger partial charge in [0, 0.05) is 18.0 Å². The third-order valence-electron chi connectivity index (χ3n) is 3.25. The van der Waals surface area contributed by atoms with E-state index in [1.165, 1.54) is 12.1 Å². The van der Waals surface area contributed by atoms with Gasteiger partial charge in [0.05, 0.1) is 22.6 Å². The molecule has 0 unspecified atom stereocenters. The first-order valence-electron chi connectivity index (χ1n) is 6.60. The summed E-state index contributed by atoms with van der Waals surface area (Å²) in [6, 6.07) is 10.5. The van der Waals surface area contributed by atoms with E-state index in [1.54, 1.807) is 29.2 Å². The maximum Gasteiger partial charge on any atom is 0.416 e. The van der Waals surface area contributed by atoms with E-state index in [0.717, 1.165) is 29.2 Å². The molecule has 0 atom stereocenters. The molecule has 2 heterocycles. The van der Waals surface area contributed by atoms with Gasteiger partial charge < -0.3 is 0 Å². The minimum absolute atomic E-state index is 0.664. The monoisotopic (exact) mass is 303 g/mol. The summed E-state index contributed by atoms with van der Waals surface area (Å²) in [5.74, 6) is 0. The molecule has 0 saturated carbocycles. The van der Waals surface area contributed by atoms with Crippen LogP contribution in [0.5, 0.6) is 0 Å². The molecule has 1 aromatic carbocycles. The molecule has 0 fully saturated rings. The molecule has 0 saturated heterocycles. The largest absolute Gasteiger partial charge is 0.416 e.